The summed E-state index contributed by atoms with van der Waals surface area (Å²) in [6.07, 6.45) is 0. The highest BCUT2D eigenvalue weighted by atomic mass is 35.5. The van der Waals surface area contributed by atoms with Gasteiger partial charge in [0.1, 0.15) is 5.75 Å². The zero-order valence-corrected chi connectivity index (χ0v) is 8.91. The van der Waals surface area contributed by atoms with Crippen LogP contribution in [0.1, 0.15) is 22.8 Å². The molecule has 0 aliphatic rings. The lowest BCUT2D eigenvalue weighted by molar-refractivity contribution is 0.101. The summed E-state index contributed by atoms with van der Waals surface area (Å²) in [5.74, 6) is -0.869. The Kier molecular flexibility index (Phi) is 3.11. The van der Waals surface area contributed by atoms with Crippen molar-refractivity contribution in [2.24, 2.45) is 0 Å². The van der Waals surface area contributed by atoms with Crippen LogP contribution >= 0.6 is 11.6 Å². The lowest BCUT2D eigenvalue weighted by Crippen LogP contribution is -2.04. The fraction of sp³-hybridized carbons (Fsp3) is 0.300. The van der Waals surface area contributed by atoms with Gasteiger partial charge in [-0.1, -0.05) is 11.6 Å². The molecule has 0 N–H and O–H groups in total. The minimum atomic E-state index is -0.721. The SMILES string of the molecule is COc1c(C)cc(Cl)c(F)c1C(C)=O. The summed E-state index contributed by atoms with van der Waals surface area (Å²) in [4.78, 5) is 11.2. The molecule has 0 saturated carbocycles. The van der Waals surface area contributed by atoms with Gasteiger partial charge in [-0.3, -0.25) is 4.79 Å². The second kappa shape index (κ2) is 3.96. The first-order valence-corrected chi connectivity index (χ1v) is 4.40. The second-order valence-electron chi connectivity index (χ2n) is 2.95. The van der Waals surface area contributed by atoms with Crippen LogP contribution in [0.3, 0.4) is 0 Å². The third-order valence-corrected chi connectivity index (χ3v) is 2.19. The van der Waals surface area contributed by atoms with Crippen molar-refractivity contribution in [2.75, 3.05) is 7.11 Å². The van der Waals surface area contributed by atoms with Gasteiger partial charge < -0.3 is 4.74 Å². The van der Waals surface area contributed by atoms with Gasteiger partial charge in [0.15, 0.2) is 11.6 Å². The Balaban J connectivity index is 3.56. The quantitative estimate of drug-likeness (QED) is 0.711. The average Bonchev–Trinajstić information content (AvgIpc) is 2.10. The van der Waals surface area contributed by atoms with Gasteiger partial charge in [-0.25, -0.2) is 4.39 Å². The zero-order valence-electron chi connectivity index (χ0n) is 8.15. The number of hydrogen-bond acceptors (Lipinski definition) is 2. The van der Waals surface area contributed by atoms with E-state index in [0.717, 1.165) is 0 Å². The van der Waals surface area contributed by atoms with Gasteiger partial charge >= 0.3 is 0 Å². The molecule has 0 heterocycles. The Morgan fingerprint density at radius 3 is 2.57 bits per heavy atom. The first-order valence-electron chi connectivity index (χ1n) is 4.02. The van der Waals surface area contributed by atoms with Crippen molar-refractivity contribution in [3.63, 3.8) is 0 Å². The fourth-order valence-corrected chi connectivity index (χ4v) is 1.57. The summed E-state index contributed by atoms with van der Waals surface area (Å²) in [5.41, 5.74) is 0.557. The van der Waals surface area contributed by atoms with Crippen LogP contribution in [0.15, 0.2) is 6.07 Å². The molecule has 0 spiro atoms. The van der Waals surface area contributed by atoms with Gasteiger partial charge in [0.2, 0.25) is 0 Å². The summed E-state index contributed by atoms with van der Waals surface area (Å²) < 4.78 is 18.4. The molecule has 0 bridgehead atoms. The van der Waals surface area contributed by atoms with Crippen LogP contribution in [0.25, 0.3) is 0 Å². The molecule has 1 aromatic rings. The molecule has 0 atom stereocenters. The van der Waals surface area contributed by atoms with E-state index in [4.69, 9.17) is 16.3 Å². The molecule has 0 aliphatic heterocycles. The van der Waals surface area contributed by atoms with Crippen LogP contribution in [-0.4, -0.2) is 12.9 Å². The summed E-state index contributed by atoms with van der Waals surface area (Å²) in [6, 6.07) is 1.43. The van der Waals surface area contributed by atoms with Crippen LogP contribution < -0.4 is 4.74 Å². The summed E-state index contributed by atoms with van der Waals surface area (Å²) >= 11 is 5.61. The molecule has 0 radical (unpaired) electrons. The van der Waals surface area contributed by atoms with Gasteiger partial charge in [0, 0.05) is 0 Å². The number of carbonyl (C=O) groups excluding carboxylic acids is 1. The highest BCUT2D eigenvalue weighted by Gasteiger charge is 2.19. The van der Waals surface area contributed by atoms with E-state index >= 15 is 0 Å². The number of ketones is 1. The normalized spacial score (nSPS) is 10.1. The Hall–Kier alpha value is -1.09. The van der Waals surface area contributed by atoms with E-state index in [1.54, 1.807) is 6.92 Å². The summed E-state index contributed by atoms with van der Waals surface area (Å²) in [5, 5.41) is -0.0616. The number of aryl methyl sites for hydroxylation is 1. The van der Waals surface area contributed by atoms with Crippen molar-refractivity contribution in [2.45, 2.75) is 13.8 Å². The van der Waals surface area contributed by atoms with E-state index in [1.165, 1.54) is 20.1 Å². The van der Waals surface area contributed by atoms with E-state index < -0.39 is 11.6 Å². The maximum Gasteiger partial charge on any atom is 0.166 e. The molecular weight excluding hydrogens is 207 g/mol. The Labute approximate surface area is 86.6 Å². The molecule has 0 unspecified atom stereocenters. The number of hydrogen-bond donors (Lipinski definition) is 0. The van der Waals surface area contributed by atoms with E-state index in [0.29, 0.717) is 5.56 Å². The molecule has 76 valence electrons. The van der Waals surface area contributed by atoms with Crippen molar-refractivity contribution in [1.29, 1.82) is 0 Å². The topological polar surface area (TPSA) is 26.3 Å². The van der Waals surface area contributed by atoms with Crippen molar-refractivity contribution in [1.82, 2.24) is 0 Å². The van der Waals surface area contributed by atoms with Crippen LogP contribution in [0, 0.1) is 12.7 Å². The largest absolute Gasteiger partial charge is 0.496 e. The third-order valence-electron chi connectivity index (χ3n) is 1.91. The van der Waals surface area contributed by atoms with Crippen molar-refractivity contribution < 1.29 is 13.9 Å². The molecule has 0 aliphatic carbocycles. The number of ether oxygens (including phenoxy) is 1. The van der Waals surface area contributed by atoms with Crippen LogP contribution in [-0.2, 0) is 0 Å². The lowest BCUT2D eigenvalue weighted by Gasteiger charge is -2.11. The van der Waals surface area contributed by atoms with E-state index in [1.807, 2.05) is 0 Å². The molecule has 4 heteroatoms. The van der Waals surface area contributed by atoms with Gasteiger partial charge in [0.25, 0.3) is 0 Å². The average molecular weight is 217 g/mol. The first kappa shape index (κ1) is 11.0. The van der Waals surface area contributed by atoms with Crippen LogP contribution in [0.5, 0.6) is 5.75 Å². The van der Waals surface area contributed by atoms with Crippen molar-refractivity contribution in [3.05, 3.63) is 28.0 Å². The second-order valence-corrected chi connectivity index (χ2v) is 3.36. The number of rotatable bonds is 2. The highest BCUT2D eigenvalue weighted by molar-refractivity contribution is 6.31. The monoisotopic (exact) mass is 216 g/mol. The lowest BCUT2D eigenvalue weighted by atomic mass is 10.1. The summed E-state index contributed by atoms with van der Waals surface area (Å²) in [7, 11) is 1.39. The molecule has 0 saturated heterocycles. The predicted octanol–water partition coefficient (Wildman–Crippen LogP) is 3.00. The van der Waals surface area contributed by atoms with Crippen molar-refractivity contribution >= 4 is 17.4 Å². The fourth-order valence-electron chi connectivity index (χ4n) is 1.31. The molecule has 0 aromatic heterocycles. The Morgan fingerprint density at radius 2 is 2.14 bits per heavy atom. The molecule has 0 fully saturated rings. The minimum Gasteiger partial charge on any atom is -0.496 e. The van der Waals surface area contributed by atoms with E-state index in [-0.39, 0.29) is 16.3 Å². The molecular formula is C10H10ClFO2. The van der Waals surface area contributed by atoms with Crippen LogP contribution in [0.2, 0.25) is 5.02 Å². The molecule has 1 aromatic carbocycles. The van der Waals surface area contributed by atoms with Gasteiger partial charge in [-0.15, -0.1) is 0 Å². The summed E-state index contributed by atoms with van der Waals surface area (Å²) in [6.45, 7) is 2.98. The standard InChI is InChI=1S/C10H10ClFO2/c1-5-4-7(11)9(12)8(6(2)13)10(5)14-3/h4H,1-3H3. The zero-order chi connectivity index (χ0) is 10.9. The van der Waals surface area contributed by atoms with E-state index in [9.17, 15) is 9.18 Å². The van der Waals surface area contributed by atoms with E-state index in [2.05, 4.69) is 0 Å². The Bertz CT molecular complexity index is 388. The van der Waals surface area contributed by atoms with Gasteiger partial charge in [-0.05, 0) is 25.5 Å². The third kappa shape index (κ3) is 1.73. The molecule has 1 rings (SSSR count). The molecule has 0 amide bonds. The number of carbonyl (C=O) groups is 1. The minimum absolute atomic E-state index is 0.0616. The Morgan fingerprint density at radius 1 is 1.57 bits per heavy atom. The predicted molar refractivity (Wildman–Crippen MR) is 52.7 cm³/mol. The molecule has 2 nitrogen and oxygen atoms in total. The highest BCUT2D eigenvalue weighted by Crippen LogP contribution is 2.31. The number of benzene rings is 1. The van der Waals surface area contributed by atoms with Crippen LogP contribution in [0.4, 0.5) is 4.39 Å². The van der Waals surface area contributed by atoms with Gasteiger partial charge in [-0.2, -0.15) is 0 Å². The first-order chi connectivity index (χ1) is 6.49. The van der Waals surface area contributed by atoms with Crippen molar-refractivity contribution in [3.8, 4) is 5.75 Å². The number of Topliss-reactive ketones (excluding diaryl/α,β-unsaturated/α-hetero) is 1. The molecule has 14 heavy (non-hydrogen) atoms. The maximum absolute atomic E-state index is 13.4. The van der Waals surface area contributed by atoms with Gasteiger partial charge in [0.05, 0.1) is 17.7 Å². The maximum atomic E-state index is 13.4. The smallest absolute Gasteiger partial charge is 0.166 e. The number of halogens is 2. The number of methoxy groups -OCH3 is 1.